The van der Waals surface area contributed by atoms with Crippen LogP contribution in [0.1, 0.15) is 19.4 Å². The Morgan fingerprint density at radius 2 is 1.67 bits per heavy atom. The number of nitrogen functional groups attached to an aromatic ring is 1. The van der Waals surface area contributed by atoms with E-state index in [-0.39, 0.29) is 5.76 Å². The normalized spacial score (nSPS) is 11.8. The van der Waals surface area contributed by atoms with Gasteiger partial charge in [-0.05, 0) is 38.1 Å². The predicted octanol–water partition coefficient (Wildman–Crippen LogP) is 3.65. The Balaban J connectivity index is 0.000000360. The fourth-order valence-corrected chi connectivity index (χ4v) is 0.753. The first kappa shape index (κ1) is 15.8. The summed E-state index contributed by atoms with van der Waals surface area (Å²) in [6.07, 6.45) is -4.27. The summed E-state index contributed by atoms with van der Waals surface area (Å²) in [5.74, 6) is 0.0995. The molecular weight excluding hydrogens is 245 g/mol. The number of aliphatic hydroxyl groups excluding tert-OH is 1. The van der Waals surface area contributed by atoms with Gasteiger partial charge in [-0.15, -0.1) is 0 Å². The van der Waals surface area contributed by atoms with Gasteiger partial charge in [-0.3, -0.25) is 0 Å². The van der Waals surface area contributed by atoms with Gasteiger partial charge in [0.15, 0.2) is 0 Å². The molecule has 0 aromatic heterocycles. The van der Waals surface area contributed by atoms with Crippen LogP contribution in [-0.2, 0) is 6.18 Å². The monoisotopic (exact) mass is 258 g/mol. The third-order valence-electron chi connectivity index (χ3n) is 1.95. The molecule has 3 N–H and O–H groups in total. The lowest BCUT2D eigenvalue weighted by molar-refractivity contribution is -0.137. The van der Waals surface area contributed by atoms with Crippen LogP contribution in [0.2, 0.25) is 0 Å². The molecule has 0 fully saturated rings. The number of nitrogens with zero attached hydrogens (tertiary/aromatic N) is 1. The summed E-state index contributed by atoms with van der Waals surface area (Å²) in [5, 5.41) is 16.5. The predicted molar refractivity (Wildman–Crippen MR) is 62.5 cm³/mol. The molecule has 1 rings (SSSR count). The van der Waals surface area contributed by atoms with Gasteiger partial charge in [-0.2, -0.15) is 18.4 Å². The zero-order valence-corrected chi connectivity index (χ0v) is 9.92. The van der Waals surface area contributed by atoms with Gasteiger partial charge >= 0.3 is 6.18 Å². The molecule has 0 aliphatic heterocycles. The van der Waals surface area contributed by atoms with Crippen LogP contribution in [0.5, 0.6) is 0 Å². The second-order valence-corrected chi connectivity index (χ2v) is 3.44. The van der Waals surface area contributed by atoms with E-state index in [4.69, 9.17) is 16.1 Å². The number of benzene rings is 1. The molecule has 0 saturated carbocycles. The minimum absolute atomic E-state index is 0.0995. The summed E-state index contributed by atoms with van der Waals surface area (Å²) in [4.78, 5) is 0. The number of hydrogen-bond donors (Lipinski definition) is 2. The Bertz CT molecular complexity index is 452. The van der Waals surface area contributed by atoms with Gasteiger partial charge in [0.2, 0.25) is 0 Å². The number of anilines is 1. The van der Waals surface area contributed by atoms with Gasteiger partial charge < -0.3 is 10.8 Å². The average Bonchev–Trinajstić information content (AvgIpc) is 2.28. The first-order chi connectivity index (χ1) is 8.18. The molecular formula is C12H13F3N2O. The second kappa shape index (κ2) is 6.55. The van der Waals surface area contributed by atoms with Crippen molar-refractivity contribution in [1.29, 1.82) is 5.26 Å². The third-order valence-corrected chi connectivity index (χ3v) is 1.95. The van der Waals surface area contributed by atoms with Gasteiger partial charge in [-0.1, -0.05) is 0 Å². The average molecular weight is 258 g/mol. The van der Waals surface area contributed by atoms with Crippen molar-refractivity contribution in [3.63, 3.8) is 0 Å². The number of hydrogen-bond acceptors (Lipinski definition) is 3. The van der Waals surface area contributed by atoms with E-state index in [0.29, 0.717) is 11.3 Å². The molecule has 0 aliphatic carbocycles. The Morgan fingerprint density at radius 3 is 1.89 bits per heavy atom. The van der Waals surface area contributed by atoms with Crippen LogP contribution >= 0.6 is 0 Å². The molecule has 0 bridgehead atoms. The van der Waals surface area contributed by atoms with Crippen molar-refractivity contribution in [2.75, 3.05) is 5.73 Å². The number of allylic oxidation sites excluding steroid dienone is 2. The standard InChI is InChI=1S/C7H6F3N.C5H7NO/c8-7(9,10)5-1-3-6(11)4-2-5;1-4(3-6)5(2)7/h1-4H,11H2;7H,1-2H3/b;5-4-. The van der Waals surface area contributed by atoms with Gasteiger partial charge in [0.25, 0.3) is 0 Å². The second-order valence-electron chi connectivity index (χ2n) is 3.44. The quantitative estimate of drug-likeness (QED) is 0.424. The molecule has 0 heterocycles. The fourth-order valence-electron chi connectivity index (χ4n) is 0.753. The van der Waals surface area contributed by atoms with E-state index in [9.17, 15) is 13.2 Å². The van der Waals surface area contributed by atoms with Crippen molar-refractivity contribution < 1.29 is 18.3 Å². The zero-order chi connectivity index (χ0) is 14.3. The first-order valence-corrected chi connectivity index (χ1v) is 4.87. The van der Waals surface area contributed by atoms with Crippen LogP contribution < -0.4 is 5.73 Å². The number of nitrogens with two attached hydrogens (primary N) is 1. The van der Waals surface area contributed by atoms with E-state index in [2.05, 4.69) is 0 Å². The topological polar surface area (TPSA) is 70.0 Å². The van der Waals surface area contributed by atoms with Gasteiger partial charge in [0.1, 0.15) is 5.76 Å². The minimum Gasteiger partial charge on any atom is -0.512 e. The molecule has 0 unspecified atom stereocenters. The number of alkyl halides is 3. The molecule has 18 heavy (non-hydrogen) atoms. The van der Waals surface area contributed by atoms with Gasteiger partial charge in [0, 0.05) is 5.69 Å². The maximum Gasteiger partial charge on any atom is 0.416 e. The van der Waals surface area contributed by atoms with Gasteiger partial charge in [0.05, 0.1) is 17.2 Å². The highest BCUT2D eigenvalue weighted by Crippen LogP contribution is 2.29. The maximum absolute atomic E-state index is 11.9. The van der Waals surface area contributed by atoms with Crippen LogP contribution in [0.3, 0.4) is 0 Å². The summed E-state index contributed by atoms with van der Waals surface area (Å²) in [7, 11) is 0. The molecule has 0 saturated heterocycles. The van der Waals surface area contributed by atoms with Crippen molar-refractivity contribution in [2.45, 2.75) is 20.0 Å². The fraction of sp³-hybridized carbons (Fsp3) is 0.250. The van der Waals surface area contributed by atoms with Crippen LogP contribution in [-0.4, -0.2) is 5.11 Å². The van der Waals surface area contributed by atoms with Crippen molar-refractivity contribution in [3.8, 4) is 6.07 Å². The number of nitriles is 1. The highest BCUT2D eigenvalue weighted by atomic mass is 19.4. The molecule has 6 heteroatoms. The van der Waals surface area contributed by atoms with E-state index >= 15 is 0 Å². The molecule has 0 atom stereocenters. The van der Waals surface area contributed by atoms with E-state index in [1.54, 1.807) is 13.0 Å². The third kappa shape index (κ3) is 5.80. The van der Waals surface area contributed by atoms with Crippen molar-refractivity contribution in [1.82, 2.24) is 0 Å². The van der Waals surface area contributed by atoms with Gasteiger partial charge in [-0.25, -0.2) is 0 Å². The maximum atomic E-state index is 11.9. The molecule has 0 radical (unpaired) electrons. The SMILES string of the molecule is C/C(O)=C(\C)C#N.Nc1ccc(C(F)(F)F)cc1. The highest BCUT2D eigenvalue weighted by Gasteiger charge is 2.29. The highest BCUT2D eigenvalue weighted by molar-refractivity contribution is 5.39. The summed E-state index contributed by atoms with van der Waals surface area (Å²) in [5.41, 5.74) is 5.23. The van der Waals surface area contributed by atoms with Crippen LogP contribution in [0.25, 0.3) is 0 Å². The largest absolute Gasteiger partial charge is 0.512 e. The summed E-state index contributed by atoms with van der Waals surface area (Å²) in [6.45, 7) is 3.05. The Labute approximate surface area is 103 Å². The van der Waals surface area contributed by atoms with E-state index in [1.807, 2.05) is 0 Å². The number of rotatable bonds is 0. The first-order valence-electron chi connectivity index (χ1n) is 4.87. The molecule has 98 valence electrons. The van der Waals surface area contributed by atoms with Crippen molar-refractivity contribution >= 4 is 5.69 Å². The molecule has 3 nitrogen and oxygen atoms in total. The Kier molecular flexibility index (Phi) is 5.76. The molecule has 1 aromatic rings. The van der Waals surface area contributed by atoms with Crippen molar-refractivity contribution in [3.05, 3.63) is 41.2 Å². The summed E-state index contributed by atoms with van der Waals surface area (Å²) in [6, 6.07) is 6.15. The number of aliphatic hydroxyl groups is 1. The minimum atomic E-state index is -4.27. The molecule has 0 spiro atoms. The van der Waals surface area contributed by atoms with E-state index in [0.717, 1.165) is 12.1 Å². The van der Waals surface area contributed by atoms with Crippen LogP contribution in [0.4, 0.5) is 18.9 Å². The Morgan fingerprint density at radius 1 is 1.22 bits per heavy atom. The van der Waals surface area contributed by atoms with E-state index in [1.165, 1.54) is 19.1 Å². The zero-order valence-electron chi connectivity index (χ0n) is 9.92. The molecule has 1 aromatic carbocycles. The van der Waals surface area contributed by atoms with Crippen LogP contribution in [0.15, 0.2) is 35.6 Å². The lowest BCUT2D eigenvalue weighted by atomic mass is 10.2. The lowest BCUT2D eigenvalue weighted by Crippen LogP contribution is -2.04. The Hall–Kier alpha value is -2.16. The number of halogens is 3. The van der Waals surface area contributed by atoms with Crippen molar-refractivity contribution in [2.24, 2.45) is 0 Å². The lowest BCUT2D eigenvalue weighted by Gasteiger charge is -2.05. The molecule has 0 amide bonds. The van der Waals surface area contributed by atoms with E-state index < -0.39 is 11.7 Å². The smallest absolute Gasteiger partial charge is 0.416 e. The summed E-state index contributed by atoms with van der Waals surface area (Å²) >= 11 is 0. The summed E-state index contributed by atoms with van der Waals surface area (Å²) < 4.78 is 35.6. The van der Waals surface area contributed by atoms with Crippen LogP contribution in [0, 0.1) is 11.3 Å². The molecule has 0 aliphatic rings.